The molecule has 29 heavy (non-hydrogen) atoms. The number of halogens is 1. The normalized spacial score (nSPS) is 11.4. The van der Waals surface area contributed by atoms with E-state index in [1.54, 1.807) is 48.5 Å². The molecule has 0 aliphatic heterocycles. The maximum atomic E-state index is 12.8. The van der Waals surface area contributed by atoms with Crippen LogP contribution in [0.15, 0.2) is 57.9 Å². The monoisotopic (exact) mass is 480 g/mol. The van der Waals surface area contributed by atoms with Gasteiger partial charge in [0.05, 0.1) is 4.90 Å². The molecule has 1 amide bonds. The highest BCUT2D eigenvalue weighted by atomic mass is 79.9. The number of nitrogens with one attached hydrogen (secondary N) is 1. The number of carbonyl (C=O) groups excluding carboxylic acids is 1. The minimum Gasteiger partial charge on any atom is -0.339 e. The number of hydrogen-bond donors (Lipinski definition) is 1. The molecule has 0 spiro atoms. The molecule has 2 aromatic rings. The lowest BCUT2D eigenvalue weighted by Crippen LogP contribution is -2.33. The van der Waals surface area contributed by atoms with Crippen molar-refractivity contribution in [2.45, 2.75) is 51.0 Å². The summed E-state index contributed by atoms with van der Waals surface area (Å²) in [6.07, 6.45) is 4.08. The van der Waals surface area contributed by atoms with Gasteiger partial charge in [-0.05, 0) is 54.8 Å². The lowest BCUT2D eigenvalue weighted by Gasteiger charge is -2.22. The van der Waals surface area contributed by atoms with E-state index in [1.807, 2.05) is 4.90 Å². The molecule has 1 N–H and O–H groups in total. The fourth-order valence-corrected chi connectivity index (χ4v) is 4.12. The van der Waals surface area contributed by atoms with E-state index in [0.29, 0.717) is 5.56 Å². The number of unbranched alkanes of at least 4 members (excludes halogenated alkanes) is 2. The van der Waals surface area contributed by atoms with Gasteiger partial charge >= 0.3 is 0 Å². The summed E-state index contributed by atoms with van der Waals surface area (Å²) in [5, 5.41) is 0. The highest BCUT2D eigenvalue weighted by Crippen LogP contribution is 2.15. The molecule has 0 saturated heterocycles. The average Bonchev–Trinajstić information content (AvgIpc) is 2.73. The third-order valence-corrected chi connectivity index (χ3v) is 6.59. The van der Waals surface area contributed by atoms with Crippen molar-refractivity contribution < 1.29 is 13.2 Å². The van der Waals surface area contributed by atoms with Gasteiger partial charge in [0.2, 0.25) is 10.0 Å². The van der Waals surface area contributed by atoms with Gasteiger partial charge in [0.25, 0.3) is 5.91 Å². The van der Waals surface area contributed by atoms with Crippen LogP contribution in [0.3, 0.4) is 0 Å². The summed E-state index contributed by atoms with van der Waals surface area (Å²) in [5.41, 5.74) is 1.44. The number of rotatable bonds is 11. The van der Waals surface area contributed by atoms with Crippen LogP contribution >= 0.6 is 15.9 Å². The molecule has 0 saturated carbocycles. The maximum absolute atomic E-state index is 12.8. The Hall–Kier alpha value is -1.70. The smallest absolute Gasteiger partial charge is 0.253 e. The molecule has 5 nitrogen and oxygen atoms in total. The van der Waals surface area contributed by atoms with Crippen LogP contribution in [0, 0.1) is 0 Å². The molecule has 158 valence electrons. The van der Waals surface area contributed by atoms with Gasteiger partial charge in [-0.3, -0.25) is 4.79 Å². The van der Waals surface area contributed by atoms with Crippen molar-refractivity contribution in [3.63, 3.8) is 0 Å². The van der Waals surface area contributed by atoms with E-state index in [2.05, 4.69) is 34.5 Å². The van der Waals surface area contributed by atoms with Crippen molar-refractivity contribution in [3.8, 4) is 0 Å². The van der Waals surface area contributed by atoms with E-state index in [1.165, 1.54) is 0 Å². The Morgan fingerprint density at radius 2 is 1.48 bits per heavy atom. The van der Waals surface area contributed by atoms with E-state index < -0.39 is 10.0 Å². The summed E-state index contributed by atoms with van der Waals surface area (Å²) in [6.45, 7) is 5.94. The standard InChI is InChI=1S/C22H29BrN2O3S/c1-3-5-15-25(16-6-4-2)22(26)19-9-7-18(8-10-19)17-24-29(27,28)21-13-11-20(23)12-14-21/h7-14,24H,3-6,15-17H2,1-2H3. The van der Waals surface area contributed by atoms with Gasteiger partial charge in [0, 0.05) is 29.7 Å². The first-order valence-electron chi connectivity index (χ1n) is 10.0. The van der Waals surface area contributed by atoms with E-state index in [-0.39, 0.29) is 17.3 Å². The Kier molecular flexibility index (Phi) is 9.33. The molecular weight excluding hydrogens is 452 g/mol. The molecule has 0 aliphatic rings. The first kappa shape index (κ1) is 23.6. The molecule has 2 rings (SSSR count). The summed E-state index contributed by atoms with van der Waals surface area (Å²) in [5.74, 6) is 0.0360. The van der Waals surface area contributed by atoms with Gasteiger partial charge < -0.3 is 4.90 Å². The van der Waals surface area contributed by atoms with Crippen LogP contribution < -0.4 is 4.72 Å². The van der Waals surface area contributed by atoms with Gasteiger partial charge in [-0.15, -0.1) is 0 Å². The first-order chi connectivity index (χ1) is 13.9. The summed E-state index contributed by atoms with van der Waals surface area (Å²) in [7, 11) is -3.58. The van der Waals surface area contributed by atoms with Crippen molar-refractivity contribution in [2.75, 3.05) is 13.1 Å². The topological polar surface area (TPSA) is 66.5 Å². The molecule has 2 aromatic carbocycles. The van der Waals surface area contributed by atoms with E-state index in [0.717, 1.165) is 48.8 Å². The van der Waals surface area contributed by atoms with Crippen LogP contribution in [0.2, 0.25) is 0 Å². The predicted molar refractivity (Wildman–Crippen MR) is 120 cm³/mol. The second-order valence-corrected chi connectivity index (χ2v) is 9.66. The molecule has 0 radical (unpaired) electrons. The lowest BCUT2D eigenvalue weighted by atomic mass is 10.1. The quantitative estimate of drug-likeness (QED) is 0.493. The van der Waals surface area contributed by atoms with Gasteiger partial charge in [-0.25, -0.2) is 13.1 Å². The fraction of sp³-hybridized carbons (Fsp3) is 0.409. The average molecular weight is 481 g/mol. The number of benzene rings is 2. The Morgan fingerprint density at radius 1 is 0.931 bits per heavy atom. The van der Waals surface area contributed by atoms with Crippen LogP contribution in [-0.2, 0) is 16.6 Å². The van der Waals surface area contributed by atoms with E-state index >= 15 is 0 Å². The van der Waals surface area contributed by atoms with Crippen molar-refractivity contribution >= 4 is 31.9 Å². The Morgan fingerprint density at radius 3 is 2.00 bits per heavy atom. The third kappa shape index (κ3) is 7.24. The second kappa shape index (κ2) is 11.5. The van der Waals surface area contributed by atoms with Gasteiger partial charge in [-0.2, -0.15) is 0 Å². The predicted octanol–water partition coefficient (Wildman–Crippen LogP) is 4.97. The zero-order chi connectivity index (χ0) is 21.3. The maximum Gasteiger partial charge on any atom is 0.253 e. The second-order valence-electron chi connectivity index (χ2n) is 6.97. The minimum absolute atomic E-state index is 0.0360. The number of hydrogen-bond acceptors (Lipinski definition) is 3. The van der Waals surface area contributed by atoms with Gasteiger partial charge in [0.1, 0.15) is 0 Å². The summed E-state index contributed by atoms with van der Waals surface area (Å²) in [4.78, 5) is 14.9. The molecule has 7 heteroatoms. The van der Waals surface area contributed by atoms with E-state index in [9.17, 15) is 13.2 Å². The molecule has 0 atom stereocenters. The molecule has 0 heterocycles. The van der Waals surface area contributed by atoms with E-state index in [4.69, 9.17) is 0 Å². The molecule has 0 fully saturated rings. The molecule has 0 aliphatic carbocycles. The van der Waals surface area contributed by atoms with Crippen molar-refractivity contribution in [1.29, 1.82) is 0 Å². The lowest BCUT2D eigenvalue weighted by molar-refractivity contribution is 0.0751. The molecular formula is C22H29BrN2O3S. The summed E-state index contributed by atoms with van der Waals surface area (Å²) in [6, 6.07) is 13.6. The zero-order valence-electron chi connectivity index (χ0n) is 17.0. The van der Waals surface area contributed by atoms with Crippen LogP contribution in [0.1, 0.15) is 55.5 Å². The number of amides is 1. The number of sulfonamides is 1. The third-order valence-electron chi connectivity index (χ3n) is 4.64. The SMILES string of the molecule is CCCCN(CCCC)C(=O)c1ccc(CNS(=O)(=O)c2ccc(Br)cc2)cc1. The van der Waals surface area contributed by atoms with Crippen LogP contribution in [-0.4, -0.2) is 32.3 Å². The van der Waals surface area contributed by atoms with Gasteiger partial charge in [0.15, 0.2) is 0 Å². The molecule has 0 bridgehead atoms. The van der Waals surface area contributed by atoms with Crippen molar-refractivity contribution in [1.82, 2.24) is 9.62 Å². The Bertz CT molecular complexity index is 873. The highest BCUT2D eigenvalue weighted by Gasteiger charge is 2.16. The minimum atomic E-state index is -3.58. The number of nitrogens with zero attached hydrogens (tertiary/aromatic N) is 1. The number of carbonyl (C=O) groups is 1. The Labute approximate surface area is 182 Å². The van der Waals surface area contributed by atoms with Gasteiger partial charge in [-0.1, -0.05) is 54.8 Å². The van der Waals surface area contributed by atoms with Crippen LogP contribution in [0.4, 0.5) is 0 Å². The van der Waals surface area contributed by atoms with Crippen molar-refractivity contribution in [3.05, 3.63) is 64.1 Å². The Balaban J connectivity index is 2.01. The fourth-order valence-electron chi connectivity index (χ4n) is 2.84. The molecule has 0 aromatic heterocycles. The summed E-state index contributed by atoms with van der Waals surface area (Å²) < 4.78 is 28.2. The highest BCUT2D eigenvalue weighted by molar-refractivity contribution is 9.10. The zero-order valence-corrected chi connectivity index (χ0v) is 19.4. The van der Waals surface area contributed by atoms with Crippen LogP contribution in [0.5, 0.6) is 0 Å². The first-order valence-corrected chi connectivity index (χ1v) is 12.3. The van der Waals surface area contributed by atoms with Crippen molar-refractivity contribution in [2.24, 2.45) is 0 Å². The molecule has 0 unspecified atom stereocenters. The largest absolute Gasteiger partial charge is 0.339 e. The summed E-state index contributed by atoms with van der Waals surface area (Å²) >= 11 is 3.30. The van der Waals surface area contributed by atoms with Crippen LogP contribution in [0.25, 0.3) is 0 Å².